The Morgan fingerprint density at radius 1 is 0.955 bits per heavy atom. The molecule has 5 heteroatoms. The van der Waals surface area contributed by atoms with E-state index in [0.717, 1.165) is 5.56 Å². The first-order valence-electron chi connectivity index (χ1n) is 7.83. The van der Waals surface area contributed by atoms with Crippen molar-refractivity contribution in [3.05, 3.63) is 35.9 Å². The van der Waals surface area contributed by atoms with Crippen LogP contribution in [0.1, 0.15) is 47.1 Å². The van der Waals surface area contributed by atoms with E-state index < -0.39 is 14.6 Å². The first kappa shape index (κ1) is 19.3. The predicted octanol–water partition coefficient (Wildman–Crippen LogP) is 3.96. The summed E-state index contributed by atoms with van der Waals surface area (Å²) < 4.78 is 24.1. The molecule has 0 fully saturated rings. The van der Waals surface area contributed by atoms with E-state index in [2.05, 4.69) is 12.1 Å². The molecule has 1 rings (SSSR count). The molecule has 1 aromatic carbocycles. The van der Waals surface area contributed by atoms with Crippen LogP contribution in [-0.2, 0) is 24.1 Å². The highest BCUT2D eigenvalue weighted by Gasteiger charge is 2.47. The molecule has 0 aliphatic heterocycles. The lowest BCUT2D eigenvalue weighted by atomic mass is 10.2. The summed E-state index contributed by atoms with van der Waals surface area (Å²) >= 11 is 0. The maximum atomic E-state index is 6.27. The number of methoxy groups -OCH3 is 1. The third-order valence-electron chi connectivity index (χ3n) is 2.99. The average Bonchev–Trinajstić information content (AvgIpc) is 2.37. The van der Waals surface area contributed by atoms with Crippen LogP contribution >= 0.6 is 0 Å². The van der Waals surface area contributed by atoms with Crippen LogP contribution in [0, 0.1) is 0 Å². The van der Waals surface area contributed by atoms with Gasteiger partial charge in [-0.3, -0.25) is 0 Å². The van der Waals surface area contributed by atoms with Crippen molar-refractivity contribution in [2.24, 2.45) is 0 Å². The van der Waals surface area contributed by atoms with Crippen LogP contribution in [0.2, 0.25) is 0 Å². The molecule has 0 saturated heterocycles. The lowest BCUT2D eigenvalue weighted by molar-refractivity contribution is -0.175. The van der Waals surface area contributed by atoms with Gasteiger partial charge in [0, 0.05) is 25.4 Å². The molecule has 0 aliphatic rings. The second-order valence-electron chi connectivity index (χ2n) is 6.38. The van der Waals surface area contributed by atoms with Crippen molar-refractivity contribution < 1.29 is 18.0 Å². The molecule has 0 unspecified atom stereocenters. The van der Waals surface area contributed by atoms with Gasteiger partial charge in [0.25, 0.3) is 0 Å². The number of hydrogen-bond acceptors (Lipinski definition) is 4. The van der Waals surface area contributed by atoms with Crippen LogP contribution in [0.5, 0.6) is 0 Å². The molecule has 0 aromatic heterocycles. The molecule has 0 N–H and O–H groups in total. The van der Waals surface area contributed by atoms with Crippen LogP contribution in [0.3, 0.4) is 0 Å². The summed E-state index contributed by atoms with van der Waals surface area (Å²) in [5.74, 6) is -0.759. The Kier molecular flexibility index (Phi) is 7.22. The molecule has 0 saturated carbocycles. The zero-order valence-electron chi connectivity index (χ0n) is 14.9. The monoisotopic (exact) mass is 326 g/mol. The zero-order chi connectivity index (χ0) is 16.8. The van der Waals surface area contributed by atoms with E-state index in [0.29, 0.717) is 6.04 Å². The van der Waals surface area contributed by atoms with E-state index in [1.165, 1.54) is 0 Å². The molecule has 0 atom stereocenters. The van der Waals surface area contributed by atoms with E-state index in [9.17, 15) is 0 Å². The topological polar surface area (TPSA) is 36.9 Å². The van der Waals surface area contributed by atoms with Gasteiger partial charge in [0.15, 0.2) is 5.79 Å². The first-order chi connectivity index (χ1) is 10.2. The molecule has 0 bridgehead atoms. The lowest BCUT2D eigenvalue weighted by Gasteiger charge is -2.38. The molecular formula is C17H30O4Si. The van der Waals surface area contributed by atoms with Gasteiger partial charge in [-0.1, -0.05) is 30.3 Å². The molecule has 0 amide bonds. The van der Waals surface area contributed by atoms with Crippen molar-refractivity contribution >= 4 is 8.80 Å². The van der Waals surface area contributed by atoms with E-state index >= 15 is 0 Å². The molecular weight excluding hydrogens is 296 g/mol. The summed E-state index contributed by atoms with van der Waals surface area (Å²) in [6, 6.07) is 10.8. The molecule has 0 aliphatic carbocycles. The Balaban J connectivity index is 3.12. The summed E-state index contributed by atoms with van der Waals surface area (Å²) in [4.78, 5) is 0. The Hall–Kier alpha value is -0.723. The summed E-state index contributed by atoms with van der Waals surface area (Å²) in [5, 5.41) is 0. The van der Waals surface area contributed by atoms with Gasteiger partial charge in [0.2, 0.25) is 0 Å². The van der Waals surface area contributed by atoms with E-state index in [4.69, 9.17) is 18.0 Å². The molecule has 22 heavy (non-hydrogen) atoms. The van der Waals surface area contributed by atoms with Crippen LogP contribution in [-0.4, -0.2) is 33.9 Å². The molecule has 126 valence electrons. The number of benzene rings is 1. The fourth-order valence-corrected chi connectivity index (χ4v) is 5.57. The number of hydrogen-bond donors (Lipinski definition) is 0. The van der Waals surface area contributed by atoms with E-state index in [1.54, 1.807) is 7.11 Å². The lowest BCUT2D eigenvalue weighted by Crippen LogP contribution is -2.56. The average molecular weight is 327 g/mol. The quantitative estimate of drug-likeness (QED) is 0.508. The van der Waals surface area contributed by atoms with Gasteiger partial charge in [0.1, 0.15) is 0 Å². The predicted molar refractivity (Wildman–Crippen MR) is 90.5 cm³/mol. The fraction of sp³-hybridized carbons (Fsp3) is 0.647. The third-order valence-corrected chi connectivity index (χ3v) is 6.29. The summed E-state index contributed by atoms with van der Waals surface area (Å²) in [6.07, 6.45) is 0.0311. The Bertz CT molecular complexity index is 422. The Morgan fingerprint density at radius 2 is 1.45 bits per heavy atom. The van der Waals surface area contributed by atoms with Crippen molar-refractivity contribution in [2.45, 2.75) is 65.6 Å². The van der Waals surface area contributed by atoms with Gasteiger partial charge in [-0.2, -0.15) is 0 Å². The van der Waals surface area contributed by atoms with Crippen LogP contribution < -0.4 is 0 Å². The van der Waals surface area contributed by atoms with Crippen molar-refractivity contribution in [3.8, 4) is 0 Å². The summed E-state index contributed by atoms with van der Waals surface area (Å²) in [5.41, 5.74) is 1.14. The number of ether oxygens (including phenoxy) is 1. The highest BCUT2D eigenvalue weighted by atomic mass is 28.4. The zero-order valence-corrected chi connectivity index (χ0v) is 15.9. The van der Waals surface area contributed by atoms with Crippen molar-refractivity contribution in [1.82, 2.24) is 0 Å². The van der Waals surface area contributed by atoms with E-state index in [1.807, 2.05) is 59.7 Å². The van der Waals surface area contributed by atoms with Crippen molar-refractivity contribution in [2.75, 3.05) is 7.11 Å². The summed E-state index contributed by atoms with van der Waals surface area (Å²) in [6.45, 7) is 11.8. The maximum absolute atomic E-state index is 6.27. The van der Waals surface area contributed by atoms with Crippen molar-refractivity contribution in [1.29, 1.82) is 0 Å². The van der Waals surface area contributed by atoms with Gasteiger partial charge in [-0.05, 0) is 47.1 Å². The second-order valence-corrected chi connectivity index (χ2v) is 8.78. The smallest absolute Gasteiger partial charge is 0.371 e. The van der Waals surface area contributed by atoms with Crippen LogP contribution in [0.25, 0.3) is 0 Å². The normalized spacial score (nSPS) is 13.1. The second kappa shape index (κ2) is 8.22. The fourth-order valence-electron chi connectivity index (χ4n) is 2.18. The van der Waals surface area contributed by atoms with Gasteiger partial charge in [0.05, 0.1) is 0 Å². The molecule has 4 nitrogen and oxygen atoms in total. The van der Waals surface area contributed by atoms with Gasteiger partial charge >= 0.3 is 8.80 Å². The Morgan fingerprint density at radius 3 is 1.86 bits per heavy atom. The highest BCUT2D eigenvalue weighted by molar-refractivity contribution is 6.60. The SMILES string of the molecule is COC(C)(C)O[Si](Cc1ccccc1)(OC(C)C)OC(C)C. The molecule has 1 aromatic rings. The van der Waals surface area contributed by atoms with Crippen molar-refractivity contribution in [3.63, 3.8) is 0 Å². The molecule has 0 heterocycles. The van der Waals surface area contributed by atoms with Crippen LogP contribution in [0.15, 0.2) is 30.3 Å². The van der Waals surface area contributed by atoms with Gasteiger partial charge in [-0.15, -0.1) is 0 Å². The minimum atomic E-state index is -2.94. The first-order valence-corrected chi connectivity index (χ1v) is 9.76. The Labute approximate surface area is 136 Å². The molecule has 0 spiro atoms. The minimum absolute atomic E-state index is 0.0155. The summed E-state index contributed by atoms with van der Waals surface area (Å²) in [7, 11) is -1.31. The van der Waals surface area contributed by atoms with Crippen LogP contribution in [0.4, 0.5) is 0 Å². The third kappa shape index (κ3) is 6.58. The van der Waals surface area contributed by atoms with Gasteiger partial charge < -0.3 is 18.0 Å². The standard InChI is InChI=1S/C17H30O4Si/c1-14(2)19-22(20-15(3)4,21-17(5,6)18-7)13-16-11-9-8-10-12-16/h8-12,14-15H,13H2,1-7H3. The van der Waals surface area contributed by atoms with Gasteiger partial charge in [-0.25, -0.2) is 0 Å². The molecule has 0 radical (unpaired) electrons. The number of rotatable bonds is 9. The minimum Gasteiger partial charge on any atom is -0.371 e. The largest absolute Gasteiger partial charge is 0.508 e. The highest BCUT2D eigenvalue weighted by Crippen LogP contribution is 2.26. The maximum Gasteiger partial charge on any atom is 0.508 e. The van der Waals surface area contributed by atoms with E-state index in [-0.39, 0.29) is 12.2 Å².